The van der Waals surface area contributed by atoms with Crippen molar-refractivity contribution in [3.63, 3.8) is 0 Å². The van der Waals surface area contributed by atoms with Gasteiger partial charge in [0.2, 0.25) is 15.9 Å². The predicted octanol–water partition coefficient (Wildman–Crippen LogP) is 3.09. The minimum atomic E-state index is -4.06. The van der Waals surface area contributed by atoms with Crippen LogP contribution in [0.4, 0.5) is 14.5 Å². The maximum absolute atomic E-state index is 14.5. The molecule has 164 valence electrons. The average Bonchev–Trinajstić information content (AvgIpc) is 2.78. The van der Waals surface area contributed by atoms with Crippen molar-refractivity contribution in [1.82, 2.24) is 9.29 Å². The number of carbonyl (C=O) groups is 1. The molecular formula is C22H18F2N4O3S. The van der Waals surface area contributed by atoms with Gasteiger partial charge in [0.25, 0.3) is 0 Å². The van der Waals surface area contributed by atoms with E-state index in [9.17, 15) is 22.0 Å². The summed E-state index contributed by atoms with van der Waals surface area (Å²) in [7, 11) is -2.84. The van der Waals surface area contributed by atoms with Gasteiger partial charge in [0.15, 0.2) is 0 Å². The number of rotatable bonds is 7. The van der Waals surface area contributed by atoms with Crippen molar-refractivity contribution in [3.05, 3.63) is 89.8 Å². The number of nitrogens with zero attached hydrogens (tertiary/aromatic N) is 4. The number of halogens is 2. The average molecular weight is 456 g/mol. The first-order valence-electron chi connectivity index (χ1n) is 9.34. The number of hydrogen-bond acceptors (Lipinski definition) is 5. The van der Waals surface area contributed by atoms with E-state index in [-0.39, 0.29) is 22.7 Å². The summed E-state index contributed by atoms with van der Waals surface area (Å²) >= 11 is 0. The number of benzene rings is 2. The highest BCUT2D eigenvalue weighted by Gasteiger charge is 2.27. The number of nitriles is 1. The lowest BCUT2D eigenvalue weighted by molar-refractivity contribution is -0.118. The van der Waals surface area contributed by atoms with Crippen molar-refractivity contribution < 1.29 is 22.0 Å². The van der Waals surface area contributed by atoms with Gasteiger partial charge in [-0.05, 0) is 48.5 Å². The van der Waals surface area contributed by atoms with Gasteiger partial charge in [0, 0.05) is 19.3 Å². The van der Waals surface area contributed by atoms with Crippen LogP contribution in [0.25, 0.3) is 0 Å². The Morgan fingerprint density at radius 3 is 2.41 bits per heavy atom. The quantitative estimate of drug-likeness (QED) is 0.545. The Kier molecular flexibility index (Phi) is 6.92. The van der Waals surface area contributed by atoms with E-state index in [0.717, 1.165) is 21.3 Å². The van der Waals surface area contributed by atoms with Crippen LogP contribution in [0.15, 0.2) is 71.8 Å². The van der Waals surface area contributed by atoms with Gasteiger partial charge in [-0.3, -0.25) is 9.78 Å². The third-order valence-corrected chi connectivity index (χ3v) is 6.41. The zero-order chi connectivity index (χ0) is 23.3. The second-order valence-corrected chi connectivity index (χ2v) is 8.84. The van der Waals surface area contributed by atoms with E-state index in [2.05, 4.69) is 4.98 Å². The second-order valence-electron chi connectivity index (χ2n) is 6.79. The van der Waals surface area contributed by atoms with Gasteiger partial charge in [-0.15, -0.1) is 0 Å². The minimum absolute atomic E-state index is 0.101. The molecule has 0 bridgehead atoms. The largest absolute Gasteiger partial charge is 0.302 e. The molecule has 3 aromatic rings. The predicted molar refractivity (Wildman–Crippen MR) is 113 cm³/mol. The van der Waals surface area contributed by atoms with Crippen molar-refractivity contribution in [2.45, 2.75) is 11.4 Å². The molecule has 0 radical (unpaired) electrons. The molecular weight excluding hydrogens is 438 g/mol. The molecule has 7 nitrogen and oxygen atoms in total. The molecule has 0 atom stereocenters. The summed E-state index contributed by atoms with van der Waals surface area (Å²) in [5, 5.41) is 8.87. The third kappa shape index (κ3) is 5.14. The van der Waals surface area contributed by atoms with Crippen LogP contribution in [0, 0.1) is 23.0 Å². The molecule has 0 aliphatic heterocycles. The van der Waals surface area contributed by atoms with Crippen molar-refractivity contribution in [1.29, 1.82) is 5.26 Å². The fourth-order valence-corrected chi connectivity index (χ4v) is 4.02. The maximum atomic E-state index is 14.5. The number of anilines is 1. The lowest BCUT2D eigenvalue weighted by Crippen LogP contribution is -2.41. The van der Waals surface area contributed by atoms with Crippen LogP contribution >= 0.6 is 0 Å². The van der Waals surface area contributed by atoms with E-state index in [4.69, 9.17) is 5.26 Å². The van der Waals surface area contributed by atoms with Gasteiger partial charge < -0.3 is 4.90 Å². The zero-order valence-corrected chi connectivity index (χ0v) is 17.8. The molecule has 0 aliphatic rings. The first kappa shape index (κ1) is 23.0. The van der Waals surface area contributed by atoms with E-state index in [0.29, 0.717) is 11.8 Å². The summed E-state index contributed by atoms with van der Waals surface area (Å²) in [6.07, 6.45) is 1.50. The van der Waals surface area contributed by atoms with Gasteiger partial charge in [-0.1, -0.05) is 6.07 Å². The number of amides is 1. The minimum Gasteiger partial charge on any atom is -0.302 e. The van der Waals surface area contributed by atoms with Crippen LogP contribution in [0.5, 0.6) is 0 Å². The van der Waals surface area contributed by atoms with Gasteiger partial charge in [-0.2, -0.15) is 9.57 Å². The lowest BCUT2D eigenvalue weighted by Gasteiger charge is -2.25. The van der Waals surface area contributed by atoms with Gasteiger partial charge in [0.1, 0.15) is 11.6 Å². The zero-order valence-electron chi connectivity index (χ0n) is 16.9. The lowest BCUT2D eigenvalue weighted by atomic mass is 10.2. The molecule has 1 heterocycles. The second kappa shape index (κ2) is 9.64. The van der Waals surface area contributed by atoms with E-state index < -0.39 is 34.1 Å². The van der Waals surface area contributed by atoms with Crippen LogP contribution in [0.1, 0.15) is 11.3 Å². The molecule has 0 saturated carbocycles. The first-order valence-corrected chi connectivity index (χ1v) is 10.8. The van der Waals surface area contributed by atoms with Crippen molar-refractivity contribution >= 4 is 21.6 Å². The Morgan fingerprint density at radius 1 is 1.09 bits per heavy atom. The molecule has 0 saturated heterocycles. The molecule has 0 aliphatic carbocycles. The third-order valence-electron chi connectivity index (χ3n) is 4.60. The van der Waals surface area contributed by atoms with Crippen LogP contribution in [-0.4, -0.2) is 37.2 Å². The number of hydrogen-bond donors (Lipinski definition) is 0. The highest BCUT2D eigenvalue weighted by molar-refractivity contribution is 7.89. The fourth-order valence-electron chi connectivity index (χ4n) is 2.90. The summed E-state index contributed by atoms with van der Waals surface area (Å²) in [5.74, 6) is -2.51. The number of carbonyl (C=O) groups excluding carboxylic acids is 1. The fraction of sp³-hybridized carbons (Fsp3) is 0.136. The molecule has 2 aromatic carbocycles. The number of sulfonamides is 1. The molecule has 10 heteroatoms. The molecule has 0 N–H and O–H groups in total. The van der Waals surface area contributed by atoms with Crippen molar-refractivity contribution in [2.75, 3.05) is 18.5 Å². The monoisotopic (exact) mass is 456 g/mol. The van der Waals surface area contributed by atoms with E-state index in [1.165, 1.54) is 37.5 Å². The maximum Gasteiger partial charge on any atom is 0.243 e. The topological polar surface area (TPSA) is 94.4 Å². The molecule has 0 fully saturated rings. The summed E-state index contributed by atoms with van der Waals surface area (Å²) in [4.78, 5) is 18.1. The van der Waals surface area contributed by atoms with Crippen LogP contribution in [-0.2, 0) is 21.4 Å². The Hall–Kier alpha value is -3.68. The van der Waals surface area contributed by atoms with Crippen LogP contribution in [0.2, 0.25) is 0 Å². The summed E-state index contributed by atoms with van der Waals surface area (Å²) in [5.41, 5.74) is 0.518. The standard InChI is InChI=1S/C22H18F2N4O3S/c1-27(32(30,31)19-8-5-16(13-25)6-9-19)15-22(29)28(14-18-4-2-3-11-26-18)21-10-7-17(23)12-20(21)24/h2-12H,14-15H2,1H3. The summed E-state index contributed by atoms with van der Waals surface area (Å²) in [6, 6.07) is 14.9. The smallest absolute Gasteiger partial charge is 0.243 e. The molecule has 32 heavy (non-hydrogen) atoms. The number of pyridine rings is 1. The van der Waals surface area contributed by atoms with Gasteiger partial charge in [-0.25, -0.2) is 17.2 Å². The molecule has 1 aromatic heterocycles. The number of likely N-dealkylation sites (N-methyl/N-ethyl adjacent to an activating group) is 1. The summed E-state index contributed by atoms with van der Waals surface area (Å²) < 4.78 is 54.3. The van der Waals surface area contributed by atoms with E-state index in [1.54, 1.807) is 18.2 Å². The van der Waals surface area contributed by atoms with Crippen molar-refractivity contribution in [2.24, 2.45) is 0 Å². The van der Waals surface area contributed by atoms with E-state index >= 15 is 0 Å². The molecule has 0 unspecified atom stereocenters. The Balaban J connectivity index is 1.89. The van der Waals surface area contributed by atoms with Gasteiger partial charge in [0.05, 0.1) is 41.0 Å². The molecule has 3 rings (SSSR count). The van der Waals surface area contributed by atoms with Gasteiger partial charge >= 0.3 is 0 Å². The normalized spacial score (nSPS) is 11.2. The van der Waals surface area contributed by atoms with E-state index in [1.807, 2.05) is 6.07 Å². The SMILES string of the molecule is CN(CC(=O)N(Cc1ccccn1)c1ccc(F)cc1F)S(=O)(=O)c1ccc(C#N)cc1. The Labute approximate surface area is 184 Å². The molecule has 1 amide bonds. The number of aromatic nitrogens is 1. The first-order chi connectivity index (χ1) is 15.2. The Morgan fingerprint density at radius 2 is 1.81 bits per heavy atom. The highest BCUT2D eigenvalue weighted by atomic mass is 32.2. The van der Waals surface area contributed by atoms with Crippen LogP contribution in [0.3, 0.4) is 0 Å². The highest BCUT2D eigenvalue weighted by Crippen LogP contribution is 2.23. The van der Waals surface area contributed by atoms with Crippen molar-refractivity contribution in [3.8, 4) is 6.07 Å². The molecule has 0 spiro atoms. The summed E-state index contributed by atoms with van der Waals surface area (Å²) in [6.45, 7) is -0.751. The van der Waals surface area contributed by atoms with Crippen LogP contribution < -0.4 is 4.90 Å². The Bertz CT molecular complexity index is 1260.